The van der Waals surface area contributed by atoms with Gasteiger partial charge < -0.3 is 9.47 Å². The summed E-state index contributed by atoms with van der Waals surface area (Å²) in [4.78, 5) is 10.8. The van der Waals surface area contributed by atoms with E-state index in [1.54, 1.807) is 6.92 Å². The third-order valence-corrected chi connectivity index (χ3v) is 2.19. The molecule has 3 nitrogen and oxygen atoms in total. The molecule has 0 saturated carbocycles. The largest absolute Gasteiger partial charge is 0.376 e. The first kappa shape index (κ1) is 15.6. The highest BCUT2D eigenvalue weighted by molar-refractivity contribution is 5.75. The van der Waals surface area contributed by atoms with Crippen molar-refractivity contribution < 1.29 is 14.3 Å². The van der Waals surface area contributed by atoms with Crippen LogP contribution in [0.3, 0.4) is 0 Å². The fourth-order valence-corrected chi connectivity index (χ4v) is 1.15. The van der Waals surface area contributed by atoms with E-state index >= 15 is 0 Å². The second-order valence-corrected chi connectivity index (χ2v) is 5.77. The van der Waals surface area contributed by atoms with Crippen molar-refractivity contribution >= 4 is 5.78 Å². The fraction of sp³-hybridized carbons (Fsp3) is 0.923. The van der Waals surface area contributed by atoms with Crippen molar-refractivity contribution in [2.45, 2.75) is 65.6 Å². The maximum atomic E-state index is 10.8. The lowest BCUT2D eigenvalue weighted by atomic mass is 10.1. The number of ether oxygens (including phenoxy) is 2. The van der Waals surface area contributed by atoms with Gasteiger partial charge in [-0.1, -0.05) is 0 Å². The average Bonchev–Trinajstić information content (AvgIpc) is 1.99. The lowest BCUT2D eigenvalue weighted by molar-refractivity contribution is -0.120. The van der Waals surface area contributed by atoms with Crippen LogP contribution >= 0.6 is 0 Å². The van der Waals surface area contributed by atoms with E-state index in [-0.39, 0.29) is 17.0 Å². The van der Waals surface area contributed by atoms with Crippen molar-refractivity contribution in [1.29, 1.82) is 0 Å². The van der Waals surface area contributed by atoms with Crippen LogP contribution in [0.25, 0.3) is 0 Å². The van der Waals surface area contributed by atoms with Crippen LogP contribution in [0.4, 0.5) is 0 Å². The first-order valence-electron chi connectivity index (χ1n) is 5.90. The summed E-state index contributed by atoms with van der Waals surface area (Å²) in [6, 6.07) is 0. The van der Waals surface area contributed by atoms with E-state index in [1.165, 1.54) is 0 Å². The van der Waals surface area contributed by atoms with Gasteiger partial charge in [0.2, 0.25) is 0 Å². The van der Waals surface area contributed by atoms with E-state index in [0.29, 0.717) is 19.6 Å². The van der Waals surface area contributed by atoms with Crippen LogP contribution in [0.15, 0.2) is 0 Å². The monoisotopic (exact) mass is 230 g/mol. The van der Waals surface area contributed by atoms with E-state index in [0.717, 1.165) is 6.42 Å². The van der Waals surface area contributed by atoms with Gasteiger partial charge in [-0.05, 0) is 48.0 Å². The molecule has 0 aromatic heterocycles. The van der Waals surface area contributed by atoms with E-state index < -0.39 is 0 Å². The molecule has 0 bridgehead atoms. The number of ketones is 1. The van der Waals surface area contributed by atoms with Crippen LogP contribution in [0, 0.1) is 0 Å². The molecule has 0 heterocycles. The van der Waals surface area contributed by atoms with Gasteiger partial charge in [0.05, 0.1) is 17.8 Å². The molecule has 16 heavy (non-hydrogen) atoms. The van der Waals surface area contributed by atoms with Gasteiger partial charge in [-0.3, -0.25) is 4.79 Å². The zero-order valence-corrected chi connectivity index (χ0v) is 11.6. The predicted molar refractivity (Wildman–Crippen MR) is 65.7 cm³/mol. The Labute approximate surface area is 99.5 Å². The highest BCUT2D eigenvalue weighted by Crippen LogP contribution is 2.17. The second-order valence-electron chi connectivity index (χ2n) is 5.77. The molecular weight excluding hydrogens is 204 g/mol. The van der Waals surface area contributed by atoms with E-state index in [2.05, 4.69) is 0 Å². The molecule has 0 aromatic carbocycles. The van der Waals surface area contributed by atoms with Gasteiger partial charge in [0.1, 0.15) is 5.78 Å². The van der Waals surface area contributed by atoms with Gasteiger partial charge in [0, 0.05) is 13.0 Å². The molecule has 0 N–H and O–H groups in total. The first-order valence-corrected chi connectivity index (χ1v) is 5.90. The predicted octanol–water partition coefficient (Wildman–Crippen LogP) is 2.97. The van der Waals surface area contributed by atoms with Crippen molar-refractivity contribution in [2.75, 3.05) is 13.2 Å². The zero-order valence-electron chi connectivity index (χ0n) is 11.6. The number of hydrogen-bond donors (Lipinski definition) is 0. The molecule has 0 aliphatic heterocycles. The van der Waals surface area contributed by atoms with Crippen LogP contribution in [0.1, 0.15) is 54.4 Å². The maximum Gasteiger partial charge on any atom is 0.132 e. The number of carbonyl (C=O) groups excluding carboxylic acids is 1. The van der Waals surface area contributed by atoms with Gasteiger partial charge in [-0.15, -0.1) is 0 Å². The Bertz CT molecular complexity index is 214. The fourth-order valence-electron chi connectivity index (χ4n) is 1.15. The summed E-state index contributed by atoms with van der Waals surface area (Å²) < 4.78 is 11.3. The number of hydrogen-bond acceptors (Lipinski definition) is 3. The number of carbonyl (C=O) groups is 1. The van der Waals surface area contributed by atoms with Crippen LogP contribution in [0.5, 0.6) is 0 Å². The third kappa shape index (κ3) is 10.1. The lowest BCUT2D eigenvalue weighted by Gasteiger charge is -2.27. The highest BCUT2D eigenvalue weighted by atomic mass is 16.5. The van der Waals surface area contributed by atoms with Gasteiger partial charge in [-0.25, -0.2) is 0 Å². The summed E-state index contributed by atoms with van der Waals surface area (Å²) in [5.74, 6) is 0.168. The highest BCUT2D eigenvalue weighted by Gasteiger charge is 2.20. The van der Waals surface area contributed by atoms with E-state index in [4.69, 9.17) is 9.47 Å². The Morgan fingerprint density at radius 1 is 1.00 bits per heavy atom. The Hall–Kier alpha value is -0.410. The molecule has 3 heteroatoms. The Kier molecular flexibility index (Phi) is 6.19. The van der Waals surface area contributed by atoms with Gasteiger partial charge in [0.25, 0.3) is 0 Å². The molecule has 0 atom stereocenters. The molecule has 0 radical (unpaired) electrons. The van der Waals surface area contributed by atoms with Crippen molar-refractivity contribution in [3.63, 3.8) is 0 Å². The molecule has 0 amide bonds. The Morgan fingerprint density at radius 3 is 2.00 bits per heavy atom. The molecular formula is C13H26O3. The molecule has 0 saturated heterocycles. The quantitative estimate of drug-likeness (QED) is 0.674. The second kappa shape index (κ2) is 6.36. The zero-order chi connectivity index (χ0) is 12.8. The minimum atomic E-state index is -0.222. The third-order valence-electron chi connectivity index (χ3n) is 2.19. The topological polar surface area (TPSA) is 35.5 Å². The minimum Gasteiger partial charge on any atom is -0.376 e. The summed E-state index contributed by atoms with van der Waals surface area (Å²) in [5.41, 5.74) is -0.323. The number of rotatable bonds is 7. The van der Waals surface area contributed by atoms with Crippen molar-refractivity contribution in [2.24, 2.45) is 0 Å². The SMILES string of the molecule is CC(=O)CCOC(C)(C)CCOC(C)(C)C. The van der Waals surface area contributed by atoms with Crippen LogP contribution in [0.2, 0.25) is 0 Å². The normalized spacial score (nSPS) is 12.9. The van der Waals surface area contributed by atoms with Gasteiger partial charge in [-0.2, -0.15) is 0 Å². The molecule has 0 fully saturated rings. The minimum absolute atomic E-state index is 0.102. The van der Waals surface area contributed by atoms with Crippen LogP contribution in [-0.2, 0) is 14.3 Å². The standard InChI is InChI=1S/C13H26O3/c1-11(14)7-9-16-13(5,6)8-10-15-12(2,3)4/h7-10H2,1-6H3. The number of Topliss-reactive ketones (excluding diaryl/α,β-unsaturated/α-hetero) is 1. The molecule has 0 rings (SSSR count). The van der Waals surface area contributed by atoms with Gasteiger partial charge in [0.15, 0.2) is 0 Å². The average molecular weight is 230 g/mol. The summed E-state index contributed by atoms with van der Waals surface area (Å²) in [5, 5.41) is 0. The molecule has 0 aromatic rings. The molecule has 0 spiro atoms. The van der Waals surface area contributed by atoms with Crippen LogP contribution in [-0.4, -0.2) is 30.2 Å². The Morgan fingerprint density at radius 2 is 1.56 bits per heavy atom. The first-order chi connectivity index (χ1) is 7.12. The van der Waals surface area contributed by atoms with E-state index in [1.807, 2.05) is 34.6 Å². The molecule has 0 unspecified atom stereocenters. The smallest absolute Gasteiger partial charge is 0.132 e. The van der Waals surface area contributed by atoms with Crippen molar-refractivity contribution in [1.82, 2.24) is 0 Å². The van der Waals surface area contributed by atoms with Crippen molar-refractivity contribution in [3.05, 3.63) is 0 Å². The molecule has 96 valence electrons. The molecule has 0 aliphatic rings. The van der Waals surface area contributed by atoms with Gasteiger partial charge >= 0.3 is 0 Å². The molecule has 0 aliphatic carbocycles. The van der Waals surface area contributed by atoms with Crippen LogP contribution < -0.4 is 0 Å². The van der Waals surface area contributed by atoms with E-state index in [9.17, 15) is 4.79 Å². The summed E-state index contributed by atoms with van der Waals surface area (Å²) in [6.07, 6.45) is 1.33. The Balaban J connectivity index is 3.74. The summed E-state index contributed by atoms with van der Waals surface area (Å²) in [6.45, 7) is 12.9. The summed E-state index contributed by atoms with van der Waals surface area (Å²) >= 11 is 0. The lowest BCUT2D eigenvalue weighted by Crippen LogP contribution is -2.30. The maximum absolute atomic E-state index is 10.8. The summed E-state index contributed by atoms with van der Waals surface area (Å²) in [7, 11) is 0. The van der Waals surface area contributed by atoms with Crippen molar-refractivity contribution in [3.8, 4) is 0 Å².